The number of hydrogen-bond acceptors (Lipinski definition) is 6. The Balaban J connectivity index is 1.08. The van der Waals surface area contributed by atoms with Crippen molar-refractivity contribution in [2.75, 3.05) is 44.2 Å². The van der Waals surface area contributed by atoms with Crippen LogP contribution in [0.25, 0.3) is 21.0 Å². The van der Waals surface area contributed by atoms with Gasteiger partial charge in [0.15, 0.2) is 0 Å². The molecule has 2 aromatic heterocycles. The van der Waals surface area contributed by atoms with E-state index in [0.29, 0.717) is 11.5 Å². The van der Waals surface area contributed by atoms with Crippen LogP contribution in [0.3, 0.4) is 0 Å². The summed E-state index contributed by atoms with van der Waals surface area (Å²) >= 11 is 1.34. The molecule has 2 aromatic carbocycles. The van der Waals surface area contributed by atoms with Gasteiger partial charge in [-0.1, -0.05) is 6.07 Å². The summed E-state index contributed by atoms with van der Waals surface area (Å²) in [5, 5.41) is 11.4. The number of hydrogen-bond donors (Lipinski definition) is 2. The van der Waals surface area contributed by atoms with Crippen molar-refractivity contribution in [1.29, 1.82) is 0 Å². The zero-order chi connectivity index (χ0) is 23.5. The first kappa shape index (κ1) is 22.4. The van der Waals surface area contributed by atoms with Crippen LogP contribution in [0.4, 0.5) is 5.69 Å². The molecular formula is C26H27N3O4S. The quantitative estimate of drug-likeness (QED) is 0.366. The molecule has 7 nitrogen and oxygen atoms in total. The average Bonchev–Trinajstić information content (AvgIpc) is 3.29. The van der Waals surface area contributed by atoms with Crippen molar-refractivity contribution in [3.05, 3.63) is 69.8 Å². The Bertz CT molecular complexity index is 1370. The lowest BCUT2D eigenvalue weighted by atomic mass is 10.1. The van der Waals surface area contributed by atoms with Crippen LogP contribution < -0.4 is 15.2 Å². The number of carboxylic acids is 1. The molecule has 1 saturated heterocycles. The first-order chi connectivity index (χ1) is 16.6. The van der Waals surface area contributed by atoms with E-state index in [1.807, 2.05) is 36.4 Å². The highest BCUT2D eigenvalue weighted by Gasteiger charge is 2.20. The second-order valence-corrected chi connectivity index (χ2v) is 9.64. The number of ether oxygens (including phenoxy) is 1. The SMILES string of the molecule is O=C(O)c1cc2c(N3CCN(CCCCOc4ccc5ccc(=O)[nH]c5c4)CC3)cccc2s1. The summed E-state index contributed by atoms with van der Waals surface area (Å²) in [5.74, 6) is -0.0897. The minimum absolute atomic E-state index is 0.109. The standard InChI is InChI=1S/C26H27N3O4S/c30-25-9-7-18-6-8-19(16-21(18)27-25)33-15-2-1-10-28-11-13-29(14-12-28)22-4-3-5-23-20(22)17-24(34-23)26(31)32/h3-9,16-17H,1-2,10-15H2,(H,27,30)(H,31,32). The number of rotatable bonds is 8. The maximum atomic E-state index is 11.5. The molecule has 0 amide bonds. The number of aromatic carboxylic acids is 1. The molecule has 0 bridgehead atoms. The number of unbranched alkanes of at least 4 members (excludes halogenated alkanes) is 1. The molecule has 5 rings (SSSR count). The molecule has 0 aliphatic carbocycles. The highest BCUT2D eigenvalue weighted by molar-refractivity contribution is 7.20. The number of thiophene rings is 1. The highest BCUT2D eigenvalue weighted by Crippen LogP contribution is 2.34. The van der Waals surface area contributed by atoms with Crippen LogP contribution in [0.5, 0.6) is 5.75 Å². The molecule has 0 saturated carbocycles. The third kappa shape index (κ3) is 4.93. The van der Waals surface area contributed by atoms with E-state index in [1.165, 1.54) is 17.4 Å². The van der Waals surface area contributed by atoms with E-state index in [-0.39, 0.29) is 5.56 Å². The fourth-order valence-corrected chi connectivity index (χ4v) is 5.41. The predicted molar refractivity (Wildman–Crippen MR) is 137 cm³/mol. The Morgan fingerprint density at radius 3 is 2.68 bits per heavy atom. The molecule has 4 aromatic rings. The zero-order valence-electron chi connectivity index (χ0n) is 18.8. The molecule has 2 N–H and O–H groups in total. The molecule has 0 spiro atoms. The van der Waals surface area contributed by atoms with Crippen molar-refractivity contribution in [3.8, 4) is 5.75 Å². The predicted octanol–water partition coefficient (Wildman–Crippen LogP) is 4.42. The van der Waals surface area contributed by atoms with Gasteiger partial charge in [-0.3, -0.25) is 9.69 Å². The number of anilines is 1. The molecule has 1 aliphatic rings. The van der Waals surface area contributed by atoms with Crippen LogP contribution in [0, 0.1) is 0 Å². The molecule has 0 atom stereocenters. The van der Waals surface area contributed by atoms with Gasteiger partial charge in [-0.25, -0.2) is 4.79 Å². The first-order valence-corrected chi connectivity index (χ1v) is 12.4. The van der Waals surface area contributed by atoms with Gasteiger partial charge in [-0.2, -0.15) is 0 Å². The minimum Gasteiger partial charge on any atom is -0.494 e. The summed E-state index contributed by atoms with van der Waals surface area (Å²) in [4.78, 5) is 30.9. The number of fused-ring (bicyclic) bond motifs is 2. The minimum atomic E-state index is -0.864. The van der Waals surface area contributed by atoms with E-state index in [1.54, 1.807) is 6.07 Å². The number of nitrogens with one attached hydrogen (secondary N) is 1. The third-order valence-corrected chi connectivity index (χ3v) is 7.38. The van der Waals surface area contributed by atoms with E-state index < -0.39 is 5.97 Å². The van der Waals surface area contributed by atoms with E-state index in [0.717, 1.165) is 78.0 Å². The van der Waals surface area contributed by atoms with Crippen molar-refractivity contribution >= 4 is 44.0 Å². The van der Waals surface area contributed by atoms with Gasteiger partial charge in [0.25, 0.3) is 0 Å². The molecule has 34 heavy (non-hydrogen) atoms. The number of aromatic nitrogens is 1. The number of H-pyrrole nitrogens is 1. The second-order valence-electron chi connectivity index (χ2n) is 8.56. The van der Waals surface area contributed by atoms with Gasteiger partial charge < -0.3 is 19.7 Å². The van der Waals surface area contributed by atoms with Gasteiger partial charge >= 0.3 is 5.97 Å². The van der Waals surface area contributed by atoms with Gasteiger partial charge in [0.1, 0.15) is 10.6 Å². The molecule has 176 valence electrons. The Morgan fingerprint density at radius 1 is 1.03 bits per heavy atom. The average molecular weight is 478 g/mol. The number of nitrogens with zero attached hydrogens (tertiary/aromatic N) is 2. The lowest BCUT2D eigenvalue weighted by Gasteiger charge is -2.36. The Kier molecular flexibility index (Phi) is 6.51. The maximum absolute atomic E-state index is 11.5. The molecular weight excluding hydrogens is 450 g/mol. The normalized spacial score (nSPS) is 14.6. The van der Waals surface area contributed by atoms with Crippen LogP contribution >= 0.6 is 11.3 Å². The number of pyridine rings is 1. The Morgan fingerprint density at radius 2 is 1.85 bits per heavy atom. The molecule has 8 heteroatoms. The summed E-state index contributed by atoms with van der Waals surface area (Å²) in [6, 6.07) is 17.0. The molecule has 3 heterocycles. The largest absolute Gasteiger partial charge is 0.494 e. The van der Waals surface area contributed by atoms with Crippen LogP contribution in [0.2, 0.25) is 0 Å². The number of aromatic amines is 1. The van der Waals surface area contributed by atoms with Crippen molar-refractivity contribution in [2.45, 2.75) is 12.8 Å². The summed E-state index contributed by atoms with van der Waals surface area (Å²) in [5.41, 5.74) is 1.81. The van der Waals surface area contributed by atoms with Crippen LogP contribution in [-0.4, -0.2) is 60.3 Å². The number of carbonyl (C=O) groups is 1. The highest BCUT2D eigenvalue weighted by atomic mass is 32.1. The van der Waals surface area contributed by atoms with Gasteiger partial charge in [-0.05, 0) is 61.2 Å². The van der Waals surface area contributed by atoms with E-state index in [9.17, 15) is 14.7 Å². The lowest BCUT2D eigenvalue weighted by molar-refractivity contribution is 0.0702. The zero-order valence-corrected chi connectivity index (χ0v) is 19.6. The maximum Gasteiger partial charge on any atom is 0.345 e. The number of piperazine rings is 1. The van der Waals surface area contributed by atoms with Crippen LogP contribution in [-0.2, 0) is 0 Å². The Labute approximate surface area is 201 Å². The monoisotopic (exact) mass is 477 g/mol. The van der Waals surface area contributed by atoms with E-state index in [4.69, 9.17) is 4.74 Å². The third-order valence-electron chi connectivity index (χ3n) is 6.30. The van der Waals surface area contributed by atoms with Gasteiger partial charge in [0.2, 0.25) is 5.56 Å². The lowest BCUT2D eigenvalue weighted by Crippen LogP contribution is -2.46. The van der Waals surface area contributed by atoms with Gasteiger partial charge in [-0.15, -0.1) is 11.3 Å². The van der Waals surface area contributed by atoms with E-state index in [2.05, 4.69) is 20.9 Å². The summed E-state index contributed by atoms with van der Waals surface area (Å²) in [7, 11) is 0. The van der Waals surface area contributed by atoms with Gasteiger partial charge in [0.05, 0.1) is 12.1 Å². The fraction of sp³-hybridized carbons (Fsp3) is 0.308. The smallest absolute Gasteiger partial charge is 0.345 e. The van der Waals surface area contributed by atoms with E-state index >= 15 is 0 Å². The Hall–Kier alpha value is -3.36. The summed E-state index contributed by atoms with van der Waals surface area (Å²) < 4.78 is 6.91. The summed E-state index contributed by atoms with van der Waals surface area (Å²) in [6.45, 7) is 5.53. The number of carboxylic acid groups (broad SMARTS) is 1. The van der Waals surface area contributed by atoms with Crippen molar-refractivity contribution < 1.29 is 14.6 Å². The van der Waals surface area contributed by atoms with Crippen molar-refractivity contribution in [2.24, 2.45) is 0 Å². The summed E-state index contributed by atoms with van der Waals surface area (Å²) in [6.07, 6.45) is 2.03. The molecule has 1 aliphatic heterocycles. The van der Waals surface area contributed by atoms with Crippen LogP contribution in [0.15, 0.2) is 59.4 Å². The fourth-order valence-electron chi connectivity index (χ4n) is 4.49. The van der Waals surface area contributed by atoms with Crippen molar-refractivity contribution in [1.82, 2.24) is 9.88 Å². The molecule has 0 unspecified atom stereocenters. The second kappa shape index (κ2) is 9.87. The van der Waals surface area contributed by atoms with Gasteiger partial charge in [0, 0.05) is 54.1 Å². The van der Waals surface area contributed by atoms with Crippen LogP contribution in [0.1, 0.15) is 22.5 Å². The first-order valence-electron chi connectivity index (χ1n) is 11.6. The number of benzene rings is 2. The van der Waals surface area contributed by atoms with Crippen molar-refractivity contribution in [3.63, 3.8) is 0 Å². The molecule has 1 fully saturated rings. The topological polar surface area (TPSA) is 85.9 Å². The molecule has 0 radical (unpaired) electrons.